The average Bonchev–Trinajstić information content (AvgIpc) is 2.46. The number of hydrogen-bond acceptors (Lipinski definition) is 3. The number of aryl methyl sites for hydroxylation is 2. The molecule has 0 amide bonds. The van der Waals surface area contributed by atoms with Crippen LogP contribution in [0.1, 0.15) is 22.3 Å². The van der Waals surface area contributed by atoms with E-state index in [-0.39, 0.29) is 5.69 Å². The summed E-state index contributed by atoms with van der Waals surface area (Å²) in [6.45, 7) is 3.84. The molecule has 0 aromatic heterocycles. The van der Waals surface area contributed by atoms with Gasteiger partial charge in [0.25, 0.3) is 0 Å². The number of halogens is 2. The molecule has 0 aliphatic heterocycles. The van der Waals surface area contributed by atoms with Crippen molar-refractivity contribution < 1.29 is 8.78 Å². The van der Waals surface area contributed by atoms with Gasteiger partial charge in [0.15, 0.2) is 5.82 Å². The predicted octanol–water partition coefficient (Wildman–Crippen LogP) is 4.07. The number of nitrogens with one attached hydrogen (secondary N) is 1. The van der Waals surface area contributed by atoms with Crippen molar-refractivity contribution in [2.45, 2.75) is 13.8 Å². The van der Waals surface area contributed by atoms with Crippen LogP contribution in [0.2, 0.25) is 0 Å². The van der Waals surface area contributed by atoms with E-state index >= 15 is 0 Å². The Balaban J connectivity index is 2.51. The predicted molar refractivity (Wildman–Crippen MR) is 75.0 cm³/mol. The Morgan fingerprint density at radius 1 is 0.952 bits per heavy atom. The Morgan fingerprint density at radius 3 is 2.19 bits per heavy atom. The molecule has 0 saturated heterocycles. The van der Waals surface area contributed by atoms with E-state index in [2.05, 4.69) is 5.32 Å². The molecule has 5 heteroatoms. The van der Waals surface area contributed by atoms with Gasteiger partial charge in [-0.2, -0.15) is 10.5 Å². The van der Waals surface area contributed by atoms with Crippen LogP contribution in [0.25, 0.3) is 0 Å². The van der Waals surface area contributed by atoms with E-state index in [1.54, 1.807) is 12.1 Å². The fourth-order valence-corrected chi connectivity index (χ4v) is 1.91. The molecule has 104 valence electrons. The molecule has 2 aromatic rings. The minimum atomic E-state index is -0.936. The second-order valence-corrected chi connectivity index (χ2v) is 4.62. The lowest BCUT2D eigenvalue weighted by Gasteiger charge is -2.11. The fourth-order valence-electron chi connectivity index (χ4n) is 1.91. The van der Waals surface area contributed by atoms with Crippen LogP contribution in [0.15, 0.2) is 24.3 Å². The van der Waals surface area contributed by atoms with E-state index in [0.29, 0.717) is 5.69 Å². The van der Waals surface area contributed by atoms with Crippen LogP contribution < -0.4 is 5.32 Å². The highest BCUT2D eigenvalue weighted by Gasteiger charge is 2.18. The molecule has 21 heavy (non-hydrogen) atoms. The van der Waals surface area contributed by atoms with Crippen LogP contribution in [0.4, 0.5) is 20.2 Å². The Bertz CT molecular complexity index is 799. The van der Waals surface area contributed by atoms with E-state index in [1.165, 1.54) is 12.1 Å². The van der Waals surface area contributed by atoms with Crippen molar-refractivity contribution in [3.05, 3.63) is 58.2 Å². The van der Waals surface area contributed by atoms with Crippen LogP contribution >= 0.6 is 0 Å². The lowest BCUT2D eigenvalue weighted by molar-refractivity contribution is 0.597. The zero-order chi connectivity index (χ0) is 15.6. The van der Waals surface area contributed by atoms with Gasteiger partial charge < -0.3 is 5.32 Å². The Kier molecular flexibility index (Phi) is 3.86. The first kappa shape index (κ1) is 14.5. The van der Waals surface area contributed by atoms with Gasteiger partial charge in [-0.25, -0.2) is 8.78 Å². The summed E-state index contributed by atoms with van der Waals surface area (Å²) in [4.78, 5) is 0. The van der Waals surface area contributed by atoms with E-state index in [1.807, 2.05) is 19.9 Å². The molecular weight excluding hydrogens is 272 g/mol. The lowest BCUT2D eigenvalue weighted by atomic mass is 10.1. The highest BCUT2D eigenvalue weighted by molar-refractivity contribution is 5.66. The minimum absolute atomic E-state index is 0.175. The average molecular weight is 283 g/mol. The van der Waals surface area contributed by atoms with Crippen molar-refractivity contribution in [1.29, 1.82) is 10.5 Å². The van der Waals surface area contributed by atoms with Crippen molar-refractivity contribution in [1.82, 2.24) is 0 Å². The highest BCUT2D eigenvalue weighted by Crippen LogP contribution is 2.27. The van der Waals surface area contributed by atoms with E-state index in [4.69, 9.17) is 10.5 Å². The number of anilines is 2. The topological polar surface area (TPSA) is 59.6 Å². The second kappa shape index (κ2) is 5.60. The van der Waals surface area contributed by atoms with Gasteiger partial charge in [-0.3, -0.25) is 0 Å². The molecule has 0 saturated carbocycles. The Morgan fingerprint density at radius 2 is 1.62 bits per heavy atom. The molecule has 2 aromatic carbocycles. The van der Waals surface area contributed by atoms with Gasteiger partial charge in [0, 0.05) is 11.8 Å². The van der Waals surface area contributed by atoms with Crippen molar-refractivity contribution >= 4 is 11.4 Å². The summed E-state index contributed by atoms with van der Waals surface area (Å²) in [5.74, 6) is -1.87. The molecule has 0 aliphatic carbocycles. The summed E-state index contributed by atoms with van der Waals surface area (Å²) >= 11 is 0. The van der Waals surface area contributed by atoms with Crippen molar-refractivity contribution in [2.24, 2.45) is 0 Å². The fraction of sp³-hybridized carbons (Fsp3) is 0.125. The SMILES string of the molecule is Cc1ccc(Nc2cc(F)c(C#N)c(C#N)c2F)cc1C. The zero-order valence-corrected chi connectivity index (χ0v) is 11.5. The first-order valence-corrected chi connectivity index (χ1v) is 6.14. The third-order valence-corrected chi connectivity index (χ3v) is 3.23. The largest absolute Gasteiger partial charge is 0.353 e. The highest BCUT2D eigenvalue weighted by atomic mass is 19.1. The standard InChI is InChI=1S/C16H11F2N3/c1-9-3-4-11(5-10(9)2)21-15-6-14(17)12(7-19)13(8-20)16(15)18/h3-6,21H,1-2H3. The molecule has 3 nitrogen and oxygen atoms in total. The molecule has 0 radical (unpaired) electrons. The van der Waals surface area contributed by atoms with E-state index < -0.39 is 22.8 Å². The van der Waals surface area contributed by atoms with Gasteiger partial charge >= 0.3 is 0 Å². The number of benzene rings is 2. The minimum Gasteiger partial charge on any atom is -0.353 e. The molecule has 0 bridgehead atoms. The summed E-state index contributed by atoms with van der Waals surface area (Å²) in [5, 5.41) is 20.4. The number of nitriles is 2. The first-order chi connectivity index (χ1) is 9.97. The van der Waals surface area contributed by atoms with Gasteiger partial charge in [-0.15, -0.1) is 0 Å². The zero-order valence-electron chi connectivity index (χ0n) is 11.5. The molecule has 0 unspecified atom stereocenters. The van der Waals surface area contributed by atoms with Crippen molar-refractivity contribution in [3.8, 4) is 12.1 Å². The molecule has 0 aliphatic rings. The van der Waals surface area contributed by atoms with Gasteiger partial charge in [0.1, 0.15) is 29.1 Å². The van der Waals surface area contributed by atoms with Crippen LogP contribution in [0.5, 0.6) is 0 Å². The van der Waals surface area contributed by atoms with Crippen molar-refractivity contribution in [3.63, 3.8) is 0 Å². The first-order valence-electron chi connectivity index (χ1n) is 6.14. The Labute approximate surface area is 121 Å². The monoisotopic (exact) mass is 283 g/mol. The van der Waals surface area contributed by atoms with Gasteiger partial charge in [0.2, 0.25) is 0 Å². The maximum atomic E-state index is 14.2. The van der Waals surface area contributed by atoms with Gasteiger partial charge in [0.05, 0.1) is 5.69 Å². The maximum absolute atomic E-state index is 14.2. The molecular formula is C16H11F2N3. The smallest absolute Gasteiger partial charge is 0.165 e. The van der Waals surface area contributed by atoms with Gasteiger partial charge in [-0.05, 0) is 37.1 Å². The van der Waals surface area contributed by atoms with Gasteiger partial charge in [-0.1, -0.05) is 6.07 Å². The van der Waals surface area contributed by atoms with Crippen LogP contribution in [0.3, 0.4) is 0 Å². The van der Waals surface area contributed by atoms with Crippen molar-refractivity contribution in [2.75, 3.05) is 5.32 Å². The summed E-state index contributed by atoms with van der Waals surface area (Å²) in [7, 11) is 0. The number of rotatable bonds is 2. The molecule has 2 rings (SSSR count). The third-order valence-electron chi connectivity index (χ3n) is 3.23. The van der Waals surface area contributed by atoms with Crippen LogP contribution in [0, 0.1) is 48.1 Å². The summed E-state index contributed by atoms with van der Waals surface area (Å²) < 4.78 is 27.9. The molecule has 0 atom stereocenters. The van der Waals surface area contributed by atoms with E-state index in [0.717, 1.165) is 17.2 Å². The molecule has 0 spiro atoms. The summed E-state index contributed by atoms with van der Waals surface area (Å²) in [6.07, 6.45) is 0. The second-order valence-electron chi connectivity index (χ2n) is 4.62. The Hall–Kier alpha value is -2.92. The summed E-state index contributed by atoms with van der Waals surface area (Å²) in [5.41, 5.74) is 1.29. The normalized spacial score (nSPS) is 9.81. The number of hydrogen-bond donors (Lipinski definition) is 1. The molecule has 0 fully saturated rings. The van der Waals surface area contributed by atoms with Crippen LogP contribution in [-0.4, -0.2) is 0 Å². The number of nitrogens with zero attached hydrogens (tertiary/aromatic N) is 2. The molecule has 0 heterocycles. The lowest BCUT2D eigenvalue weighted by Crippen LogP contribution is -2.02. The summed E-state index contributed by atoms with van der Waals surface area (Å²) in [6, 6.07) is 9.26. The molecule has 1 N–H and O–H groups in total. The maximum Gasteiger partial charge on any atom is 0.165 e. The third kappa shape index (κ3) is 2.68. The van der Waals surface area contributed by atoms with E-state index in [9.17, 15) is 8.78 Å². The quantitative estimate of drug-likeness (QED) is 0.903. The van der Waals surface area contributed by atoms with Crippen LogP contribution in [-0.2, 0) is 0 Å².